The molecule has 1 rings (SSSR count). The van der Waals surface area contributed by atoms with Gasteiger partial charge in [0, 0.05) is 19.5 Å². The summed E-state index contributed by atoms with van der Waals surface area (Å²) >= 11 is 0. The molecule has 2 amide bonds. The van der Waals surface area contributed by atoms with Gasteiger partial charge in [-0.2, -0.15) is 0 Å². The van der Waals surface area contributed by atoms with Crippen LogP contribution in [0.3, 0.4) is 0 Å². The summed E-state index contributed by atoms with van der Waals surface area (Å²) in [6.07, 6.45) is 7.39. The highest BCUT2D eigenvalue weighted by Gasteiger charge is 2.30. The predicted molar refractivity (Wildman–Crippen MR) is 77.2 cm³/mol. The topological polar surface area (TPSA) is 69.6 Å². The van der Waals surface area contributed by atoms with Crippen LogP contribution in [0.5, 0.6) is 0 Å². The molecular formula is C15H24N2O3. The van der Waals surface area contributed by atoms with E-state index < -0.39 is 11.5 Å². The Morgan fingerprint density at radius 1 is 1.55 bits per heavy atom. The lowest BCUT2D eigenvalue weighted by atomic mass is 9.85. The highest BCUT2D eigenvalue weighted by atomic mass is 16.4. The number of urea groups is 1. The quantitative estimate of drug-likeness (QED) is 0.773. The van der Waals surface area contributed by atoms with E-state index in [1.165, 1.54) is 0 Å². The minimum Gasteiger partial charge on any atom is -0.481 e. The molecule has 2 atom stereocenters. The zero-order valence-corrected chi connectivity index (χ0v) is 12.5. The summed E-state index contributed by atoms with van der Waals surface area (Å²) in [5.74, 6) is 2.06. The molecule has 0 saturated carbocycles. The summed E-state index contributed by atoms with van der Waals surface area (Å²) in [5, 5.41) is 11.7. The number of carbonyl (C=O) groups excluding carboxylic acids is 1. The van der Waals surface area contributed by atoms with Gasteiger partial charge in [0.25, 0.3) is 0 Å². The molecule has 20 heavy (non-hydrogen) atoms. The van der Waals surface area contributed by atoms with Crippen LogP contribution >= 0.6 is 0 Å². The van der Waals surface area contributed by atoms with E-state index in [9.17, 15) is 9.59 Å². The third-order valence-corrected chi connectivity index (χ3v) is 3.83. The number of rotatable bonds is 4. The summed E-state index contributed by atoms with van der Waals surface area (Å²) in [7, 11) is 0. The molecule has 0 aliphatic carbocycles. The van der Waals surface area contributed by atoms with E-state index in [0.717, 1.165) is 12.8 Å². The summed E-state index contributed by atoms with van der Waals surface area (Å²) < 4.78 is 0. The molecule has 2 unspecified atom stereocenters. The van der Waals surface area contributed by atoms with E-state index in [1.54, 1.807) is 18.7 Å². The smallest absolute Gasteiger partial charge is 0.318 e. The number of piperidine rings is 1. The second-order valence-electron chi connectivity index (χ2n) is 6.12. The van der Waals surface area contributed by atoms with Crippen molar-refractivity contribution in [2.75, 3.05) is 13.1 Å². The van der Waals surface area contributed by atoms with Crippen molar-refractivity contribution in [3.05, 3.63) is 0 Å². The van der Waals surface area contributed by atoms with Crippen molar-refractivity contribution < 1.29 is 14.7 Å². The van der Waals surface area contributed by atoms with Crippen molar-refractivity contribution in [2.45, 2.75) is 45.6 Å². The number of likely N-dealkylation sites (tertiary alicyclic amines) is 1. The molecule has 0 aromatic carbocycles. The fourth-order valence-corrected chi connectivity index (χ4v) is 2.48. The second-order valence-corrected chi connectivity index (χ2v) is 6.12. The minimum atomic E-state index is -0.785. The van der Waals surface area contributed by atoms with E-state index >= 15 is 0 Å². The van der Waals surface area contributed by atoms with Crippen LogP contribution in [0.2, 0.25) is 0 Å². The number of carbonyl (C=O) groups is 2. The number of terminal acetylenes is 1. The summed E-state index contributed by atoms with van der Waals surface area (Å²) in [6.45, 7) is 6.79. The third kappa shape index (κ3) is 4.76. The van der Waals surface area contributed by atoms with Crippen molar-refractivity contribution in [2.24, 2.45) is 11.8 Å². The van der Waals surface area contributed by atoms with Gasteiger partial charge in [0.2, 0.25) is 0 Å². The fourth-order valence-electron chi connectivity index (χ4n) is 2.48. The molecule has 0 spiro atoms. The van der Waals surface area contributed by atoms with Crippen LogP contribution in [0.15, 0.2) is 0 Å². The van der Waals surface area contributed by atoms with Gasteiger partial charge >= 0.3 is 12.0 Å². The molecule has 5 nitrogen and oxygen atoms in total. The van der Waals surface area contributed by atoms with Gasteiger partial charge in [-0.3, -0.25) is 4.79 Å². The van der Waals surface area contributed by atoms with Crippen LogP contribution in [-0.2, 0) is 4.79 Å². The molecular weight excluding hydrogens is 256 g/mol. The molecule has 0 aromatic rings. The van der Waals surface area contributed by atoms with Crippen LogP contribution < -0.4 is 5.32 Å². The first-order valence-electron chi connectivity index (χ1n) is 7.02. The zero-order chi connectivity index (χ0) is 15.3. The molecule has 0 bridgehead atoms. The molecule has 1 aliphatic heterocycles. The second kappa shape index (κ2) is 6.65. The molecule has 0 radical (unpaired) electrons. The SMILES string of the molecule is C#CC(C)(C)NC(=O)N1CCCC(C(C)CC(=O)O)C1. The molecule has 1 fully saturated rings. The number of nitrogens with one attached hydrogen (secondary N) is 1. The Balaban J connectivity index is 2.58. The Labute approximate surface area is 120 Å². The zero-order valence-electron chi connectivity index (χ0n) is 12.5. The lowest BCUT2D eigenvalue weighted by molar-refractivity contribution is -0.138. The molecule has 1 saturated heterocycles. The third-order valence-electron chi connectivity index (χ3n) is 3.83. The summed E-state index contributed by atoms with van der Waals surface area (Å²) in [6, 6.07) is -0.167. The first-order chi connectivity index (χ1) is 9.25. The number of hydrogen-bond acceptors (Lipinski definition) is 2. The van der Waals surface area contributed by atoms with Crippen molar-refractivity contribution >= 4 is 12.0 Å². The molecule has 112 valence electrons. The summed E-state index contributed by atoms with van der Waals surface area (Å²) in [5.41, 5.74) is -0.670. The number of carboxylic acid groups (broad SMARTS) is 1. The lowest BCUT2D eigenvalue weighted by Crippen LogP contribution is -2.52. The predicted octanol–water partition coefficient (Wildman–Crippen LogP) is 1.93. The van der Waals surface area contributed by atoms with Crippen molar-refractivity contribution in [3.8, 4) is 12.3 Å². The van der Waals surface area contributed by atoms with Crippen molar-refractivity contribution in [1.29, 1.82) is 0 Å². The normalized spacial score (nSPS) is 20.9. The Kier molecular flexibility index (Phi) is 5.43. The van der Waals surface area contributed by atoms with E-state index in [2.05, 4.69) is 11.2 Å². The Morgan fingerprint density at radius 3 is 2.75 bits per heavy atom. The van der Waals surface area contributed by atoms with Gasteiger partial charge in [0.15, 0.2) is 0 Å². The van der Waals surface area contributed by atoms with Gasteiger partial charge in [-0.25, -0.2) is 4.79 Å². The van der Waals surface area contributed by atoms with E-state index in [4.69, 9.17) is 11.5 Å². The van der Waals surface area contributed by atoms with Crippen LogP contribution in [0, 0.1) is 24.2 Å². The maximum absolute atomic E-state index is 12.2. The number of hydrogen-bond donors (Lipinski definition) is 2. The summed E-state index contributed by atoms with van der Waals surface area (Å²) in [4.78, 5) is 24.7. The molecule has 1 aliphatic rings. The van der Waals surface area contributed by atoms with E-state index in [1.807, 2.05) is 6.92 Å². The monoisotopic (exact) mass is 280 g/mol. The van der Waals surface area contributed by atoms with Gasteiger partial charge in [0.05, 0.1) is 5.54 Å². The van der Waals surface area contributed by atoms with Crippen molar-refractivity contribution in [1.82, 2.24) is 10.2 Å². The average molecular weight is 280 g/mol. The average Bonchev–Trinajstić information content (AvgIpc) is 2.37. The maximum Gasteiger partial charge on any atom is 0.318 e. The van der Waals surface area contributed by atoms with Gasteiger partial charge in [0.1, 0.15) is 0 Å². The fraction of sp³-hybridized carbons (Fsp3) is 0.733. The highest BCUT2D eigenvalue weighted by molar-refractivity contribution is 5.75. The molecule has 0 aromatic heterocycles. The first kappa shape index (κ1) is 16.4. The Bertz CT molecular complexity index is 412. The van der Waals surface area contributed by atoms with Crippen LogP contribution in [-0.4, -0.2) is 40.6 Å². The lowest BCUT2D eigenvalue weighted by Gasteiger charge is -2.36. The molecule has 5 heteroatoms. The van der Waals surface area contributed by atoms with Gasteiger partial charge < -0.3 is 15.3 Å². The first-order valence-corrected chi connectivity index (χ1v) is 7.02. The van der Waals surface area contributed by atoms with Crippen molar-refractivity contribution in [3.63, 3.8) is 0 Å². The Hall–Kier alpha value is -1.70. The van der Waals surface area contributed by atoms with E-state index in [-0.39, 0.29) is 24.3 Å². The van der Waals surface area contributed by atoms with Gasteiger partial charge in [-0.05, 0) is 38.5 Å². The number of amides is 2. The highest BCUT2D eigenvalue weighted by Crippen LogP contribution is 2.26. The van der Waals surface area contributed by atoms with Crippen LogP contribution in [0.25, 0.3) is 0 Å². The number of carboxylic acids is 1. The van der Waals surface area contributed by atoms with Crippen LogP contribution in [0.4, 0.5) is 4.79 Å². The number of nitrogens with zero attached hydrogens (tertiary/aromatic N) is 1. The molecule has 1 heterocycles. The largest absolute Gasteiger partial charge is 0.481 e. The Morgan fingerprint density at radius 2 is 2.20 bits per heavy atom. The van der Waals surface area contributed by atoms with Crippen LogP contribution in [0.1, 0.15) is 40.0 Å². The standard InChI is InChI=1S/C15H24N2O3/c1-5-15(3,4)16-14(20)17-8-6-7-12(10-17)11(2)9-13(18)19/h1,11-12H,6-10H2,2-4H3,(H,16,20)(H,18,19). The number of aliphatic carboxylic acids is 1. The van der Waals surface area contributed by atoms with Gasteiger partial charge in [-0.1, -0.05) is 12.8 Å². The molecule has 2 N–H and O–H groups in total. The minimum absolute atomic E-state index is 0.0729. The van der Waals surface area contributed by atoms with Gasteiger partial charge in [-0.15, -0.1) is 6.42 Å². The van der Waals surface area contributed by atoms with E-state index in [0.29, 0.717) is 13.1 Å². The maximum atomic E-state index is 12.2.